The molecule has 144 valence electrons. The van der Waals surface area contributed by atoms with E-state index in [4.69, 9.17) is 15.0 Å². The fourth-order valence-corrected chi connectivity index (χ4v) is 3.33. The molecule has 1 heterocycles. The first-order valence-corrected chi connectivity index (χ1v) is 9.89. The first-order valence-electron chi connectivity index (χ1n) is 9.89. The summed E-state index contributed by atoms with van der Waals surface area (Å²) in [6.45, 7) is 10.6. The van der Waals surface area contributed by atoms with Crippen LogP contribution in [0, 0.1) is 34.6 Å². The molecule has 0 spiro atoms. The maximum Gasteiger partial charge on any atom is 0.164 e. The predicted molar refractivity (Wildman–Crippen MR) is 120 cm³/mol. The maximum absolute atomic E-state index is 4.84. The van der Waals surface area contributed by atoms with Crippen molar-refractivity contribution in [2.45, 2.75) is 34.6 Å². The van der Waals surface area contributed by atoms with Gasteiger partial charge in [0.15, 0.2) is 17.5 Å². The molecular weight excluding hydrogens is 354 g/mol. The third-order valence-electron chi connectivity index (χ3n) is 5.44. The number of rotatable bonds is 3. The minimum absolute atomic E-state index is 0.696. The summed E-state index contributed by atoms with van der Waals surface area (Å²) in [5, 5.41) is 0. The molecule has 0 aliphatic rings. The van der Waals surface area contributed by atoms with E-state index in [9.17, 15) is 0 Å². The Kier molecular flexibility index (Phi) is 4.98. The van der Waals surface area contributed by atoms with Gasteiger partial charge in [-0.25, -0.2) is 15.0 Å². The topological polar surface area (TPSA) is 38.7 Å². The molecule has 3 heteroatoms. The highest BCUT2D eigenvalue weighted by Crippen LogP contribution is 2.27. The molecule has 4 aromatic rings. The second kappa shape index (κ2) is 7.59. The molecule has 4 rings (SSSR count). The molecule has 0 fully saturated rings. The molecule has 0 N–H and O–H groups in total. The SMILES string of the molecule is Cc1ccc(-c2nc(-c3ccc(C)cc3)nc(-c3cc(C)c(C)c(C)c3)n2)cc1. The Morgan fingerprint density at radius 2 is 0.793 bits per heavy atom. The number of benzene rings is 3. The zero-order valence-electron chi connectivity index (χ0n) is 17.6. The van der Waals surface area contributed by atoms with Gasteiger partial charge >= 0.3 is 0 Å². The fraction of sp³-hybridized carbons (Fsp3) is 0.192. The summed E-state index contributed by atoms with van der Waals surface area (Å²) >= 11 is 0. The van der Waals surface area contributed by atoms with Crippen LogP contribution in [0.3, 0.4) is 0 Å². The highest BCUT2D eigenvalue weighted by Gasteiger charge is 2.13. The molecule has 0 aliphatic heterocycles. The Labute approximate surface area is 172 Å². The molecule has 3 aromatic carbocycles. The van der Waals surface area contributed by atoms with Crippen molar-refractivity contribution in [2.24, 2.45) is 0 Å². The van der Waals surface area contributed by atoms with E-state index in [-0.39, 0.29) is 0 Å². The van der Waals surface area contributed by atoms with E-state index in [1.54, 1.807) is 0 Å². The molecule has 3 nitrogen and oxygen atoms in total. The van der Waals surface area contributed by atoms with Gasteiger partial charge in [0.25, 0.3) is 0 Å². The van der Waals surface area contributed by atoms with Gasteiger partial charge in [0, 0.05) is 16.7 Å². The van der Waals surface area contributed by atoms with Gasteiger partial charge in [-0.05, 0) is 63.4 Å². The number of hydrogen-bond donors (Lipinski definition) is 0. The predicted octanol–water partition coefficient (Wildman–Crippen LogP) is 6.41. The number of nitrogens with zero attached hydrogens (tertiary/aromatic N) is 3. The zero-order chi connectivity index (χ0) is 20.5. The minimum atomic E-state index is 0.696. The van der Waals surface area contributed by atoms with E-state index in [1.165, 1.54) is 27.8 Å². The minimum Gasteiger partial charge on any atom is -0.208 e. The third kappa shape index (κ3) is 3.95. The largest absolute Gasteiger partial charge is 0.208 e. The molecule has 1 aromatic heterocycles. The van der Waals surface area contributed by atoms with Crippen molar-refractivity contribution in [3.63, 3.8) is 0 Å². The van der Waals surface area contributed by atoms with Crippen LogP contribution in [0.25, 0.3) is 34.2 Å². The van der Waals surface area contributed by atoms with Gasteiger partial charge in [0.05, 0.1) is 0 Å². The lowest BCUT2D eigenvalue weighted by molar-refractivity contribution is 1.07. The first kappa shape index (κ1) is 19.0. The molecule has 0 bridgehead atoms. The van der Waals surface area contributed by atoms with E-state index in [1.807, 2.05) is 0 Å². The van der Waals surface area contributed by atoms with E-state index in [2.05, 4.69) is 95.3 Å². The average Bonchev–Trinajstić information content (AvgIpc) is 2.72. The molecule has 0 radical (unpaired) electrons. The van der Waals surface area contributed by atoms with Gasteiger partial charge < -0.3 is 0 Å². The normalized spacial score (nSPS) is 10.9. The average molecular weight is 380 g/mol. The molecule has 0 atom stereocenters. The monoisotopic (exact) mass is 379 g/mol. The smallest absolute Gasteiger partial charge is 0.164 e. The van der Waals surface area contributed by atoms with E-state index < -0.39 is 0 Å². The van der Waals surface area contributed by atoms with E-state index in [0.29, 0.717) is 17.5 Å². The van der Waals surface area contributed by atoms with E-state index >= 15 is 0 Å². The van der Waals surface area contributed by atoms with Crippen molar-refractivity contribution >= 4 is 0 Å². The standard InChI is InChI=1S/C26H25N3/c1-16-6-10-21(11-7-16)24-27-25(22-12-8-17(2)9-13-22)29-26(28-24)23-14-18(3)20(5)19(4)15-23/h6-15H,1-5H3. The number of aromatic nitrogens is 3. The lowest BCUT2D eigenvalue weighted by Crippen LogP contribution is -2.01. The van der Waals surface area contributed by atoms with Crippen molar-refractivity contribution in [2.75, 3.05) is 0 Å². The van der Waals surface area contributed by atoms with Gasteiger partial charge in [-0.15, -0.1) is 0 Å². The summed E-state index contributed by atoms with van der Waals surface area (Å²) in [6, 6.07) is 20.9. The van der Waals surface area contributed by atoms with Crippen LogP contribution >= 0.6 is 0 Å². The molecule has 0 amide bonds. The maximum atomic E-state index is 4.84. The van der Waals surface area contributed by atoms with Crippen LogP contribution < -0.4 is 0 Å². The van der Waals surface area contributed by atoms with Crippen molar-refractivity contribution in [1.82, 2.24) is 15.0 Å². The van der Waals surface area contributed by atoms with E-state index in [0.717, 1.165) is 16.7 Å². The highest BCUT2D eigenvalue weighted by molar-refractivity contribution is 5.67. The van der Waals surface area contributed by atoms with Crippen molar-refractivity contribution in [3.05, 3.63) is 88.5 Å². The lowest BCUT2D eigenvalue weighted by atomic mass is 10.00. The molecular formula is C26H25N3. The van der Waals surface area contributed by atoms with Crippen molar-refractivity contribution in [1.29, 1.82) is 0 Å². The van der Waals surface area contributed by atoms with Gasteiger partial charge in [-0.3, -0.25) is 0 Å². The van der Waals surface area contributed by atoms with Gasteiger partial charge in [0.2, 0.25) is 0 Å². The van der Waals surface area contributed by atoms with Gasteiger partial charge in [0.1, 0.15) is 0 Å². The first-order chi connectivity index (χ1) is 13.9. The van der Waals surface area contributed by atoms with Crippen LogP contribution in [0.5, 0.6) is 0 Å². The van der Waals surface area contributed by atoms with Crippen LogP contribution in [0.15, 0.2) is 60.7 Å². The Bertz CT molecular complexity index is 1090. The highest BCUT2D eigenvalue weighted by atomic mass is 15.0. The zero-order valence-corrected chi connectivity index (χ0v) is 17.6. The lowest BCUT2D eigenvalue weighted by Gasteiger charge is -2.11. The summed E-state index contributed by atoms with van der Waals surface area (Å²) in [6.07, 6.45) is 0. The summed E-state index contributed by atoms with van der Waals surface area (Å²) in [5.74, 6) is 2.10. The van der Waals surface area contributed by atoms with Crippen LogP contribution in [0.4, 0.5) is 0 Å². The third-order valence-corrected chi connectivity index (χ3v) is 5.44. The Balaban J connectivity index is 1.92. The summed E-state index contributed by atoms with van der Waals surface area (Å²) in [7, 11) is 0. The second-order valence-corrected chi connectivity index (χ2v) is 7.77. The number of hydrogen-bond acceptors (Lipinski definition) is 3. The Morgan fingerprint density at radius 1 is 0.448 bits per heavy atom. The van der Waals surface area contributed by atoms with Crippen molar-refractivity contribution < 1.29 is 0 Å². The fourth-order valence-electron chi connectivity index (χ4n) is 3.33. The van der Waals surface area contributed by atoms with Gasteiger partial charge in [-0.1, -0.05) is 59.7 Å². The van der Waals surface area contributed by atoms with Crippen LogP contribution in [-0.2, 0) is 0 Å². The molecule has 0 aliphatic carbocycles. The number of aryl methyl sites for hydroxylation is 4. The molecule has 0 saturated heterocycles. The quantitative estimate of drug-likeness (QED) is 0.412. The Hall–Kier alpha value is -3.33. The van der Waals surface area contributed by atoms with Crippen LogP contribution in [-0.4, -0.2) is 15.0 Å². The summed E-state index contributed by atoms with van der Waals surface area (Å²) < 4.78 is 0. The van der Waals surface area contributed by atoms with Gasteiger partial charge in [-0.2, -0.15) is 0 Å². The molecule has 29 heavy (non-hydrogen) atoms. The van der Waals surface area contributed by atoms with Crippen LogP contribution in [0.1, 0.15) is 27.8 Å². The van der Waals surface area contributed by atoms with Crippen LogP contribution in [0.2, 0.25) is 0 Å². The summed E-state index contributed by atoms with van der Waals surface area (Å²) in [4.78, 5) is 14.5. The Morgan fingerprint density at radius 3 is 1.17 bits per heavy atom. The molecule has 0 unspecified atom stereocenters. The second-order valence-electron chi connectivity index (χ2n) is 7.77. The summed E-state index contributed by atoms with van der Waals surface area (Å²) in [5.41, 5.74) is 9.23. The molecule has 0 saturated carbocycles. The van der Waals surface area contributed by atoms with Crippen molar-refractivity contribution in [3.8, 4) is 34.2 Å².